The van der Waals surface area contributed by atoms with Crippen LogP contribution in [0.4, 0.5) is 0 Å². The van der Waals surface area contributed by atoms with Crippen LogP contribution in [0.1, 0.15) is 27.7 Å². The molecule has 0 rings (SSSR count). The van der Waals surface area contributed by atoms with Gasteiger partial charge in [0.05, 0.1) is 0 Å². The van der Waals surface area contributed by atoms with E-state index in [2.05, 4.69) is 0 Å². The number of carboxylic acids is 4. The molecule has 0 bridgehead atoms. The third-order valence-electron chi connectivity index (χ3n) is 0.167. The van der Waals surface area contributed by atoms with Crippen LogP contribution in [0.2, 0.25) is 0 Å². The predicted molar refractivity (Wildman–Crippen MR) is 71.3 cm³/mol. The van der Waals surface area contributed by atoms with Crippen LogP contribution in [0.25, 0.3) is 0 Å². The molecule has 0 fully saturated rings. The zero-order valence-electron chi connectivity index (χ0n) is 12.5. The molecule has 0 spiro atoms. The molecule has 126 valence electrons. The SMILES string of the molecule is CC(=O)O.CC(=O)O.CC(=O)O.CC(=O)O.NCCN.[Ti]. The van der Waals surface area contributed by atoms with Crippen molar-refractivity contribution in [1.82, 2.24) is 0 Å². The van der Waals surface area contributed by atoms with Gasteiger partial charge in [-0.1, -0.05) is 0 Å². The van der Waals surface area contributed by atoms with Gasteiger partial charge in [0.15, 0.2) is 0 Å². The Morgan fingerprint density at radius 3 is 0.667 bits per heavy atom. The van der Waals surface area contributed by atoms with E-state index in [1.807, 2.05) is 0 Å². The van der Waals surface area contributed by atoms with Gasteiger partial charge < -0.3 is 31.9 Å². The van der Waals surface area contributed by atoms with Crippen molar-refractivity contribution in [3.63, 3.8) is 0 Å². The zero-order valence-corrected chi connectivity index (χ0v) is 14.1. The van der Waals surface area contributed by atoms with Crippen molar-refractivity contribution in [3.05, 3.63) is 0 Å². The quantitative estimate of drug-likeness (QED) is 0.328. The molecule has 21 heavy (non-hydrogen) atoms. The second-order valence-electron chi connectivity index (χ2n) is 2.65. The van der Waals surface area contributed by atoms with Gasteiger partial charge in [0.25, 0.3) is 23.9 Å². The molecule has 0 aliphatic heterocycles. The monoisotopic (exact) mass is 348 g/mol. The molecule has 0 saturated heterocycles. The van der Waals surface area contributed by atoms with Gasteiger partial charge in [-0.25, -0.2) is 0 Å². The molecular weight excluding hydrogens is 324 g/mol. The first kappa shape index (κ1) is 36.6. The van der Waals surface area contributed by atoms with E-state index < -0.39 is 23.9 Å². The summed E-state index contributed by atoms with van der Waals surface area (Å²) in [7, 11) is 0. The maximum atomic E-state index is 9.00. The van der Waals surface area contributed by atoms with Crippen LogP contribution >= 0.6 is 0 Å². The van der Waals surface area contributed by atoms with Crippen molar-refractivity contribution in [3.8, 4) is 0 Å². The molecular formula is C10H24N2O8Ti. The van der Waals surface area contributed by atoms with Crippen LogP contribution in [0.15, 0.2) is 0 Å². The van der Waals surface area contributed by atoms with E-state index in [1.165, 1.54) is 0 Å². The van der Waals surface area contributed by atoms with Gasteiger partial charge in [0.1, 0.15) is 0 Å². The van der Waals surface area contributed by atoms with Crippen LogP contribution in [0.3, 0.4) is 0 Å². The van der Waals surface area contributed by atoms with E-state index in [9.17, 15) is 0 Å². The summed E-state index contributed by atoms with van der Waals surface area (Å²) in [6, 6.07) is 0. The fourth-order valence-electron chi connectivity index (χ4n) is 0. The molecule has 0 aromatic rings. The first-order valence-corrected chi connectivity index (χ1v) is 5.03. The minimum absolute atomic E-state index is 0. The third kappa shape index (κ3) is 21400. The Bertz CT molecular complexity index is 195. The van der Waals surface area contributed by atoms with Gasteiger partial charge in [-0.15, -0.1) is 0 Å². The van der Waals surface area contributed by atoms with Crippen molar-refractivity contribution < 1.29 is 61.3 Å². The Morgan fingerprint density at radius 1 is 0.619 bits per heavy atom. The standard InChI is InChI=1S/C2H8N2.4C2H4O2.Ti/c3-1-2-4;4*1-2(3)4;/h1-4H2;4*1H3,(H,3,4);. The summed E-state index contributed by atoms with van der Waals surface area (Å²) in [6.07, 6.45) is 0. The van der Waals surface area contributed by atoms with Gasteiger partial charge >= 0.3 is 0 Å². The molecule has 0 heterocycles. The van der Waals surface area contributed by atoms with Gasteiger partial charge in [0, 0.05) is 62.5 Å². The molecule has 0 unspecified atom stereocenters. The van der Waals surface area contributed by atoms with Crippen LogP contribution < -0.4 is 11.5 Å². The fourth-order valence-corrected chi connectivity index (χ4v) is 0. The molecule has 0 aromatic heterocycles. The van der Waals surface area contributed by atoms with Gasteiger partial charge in [0.2, 0.25) is 0 Å². The van der Waals surface area contributed by atoms with Crippen molar-refractivity contribution in [2.24, 2.45) is 11.5 Å². The number of rotatable bonds is 1. The van der Waals surface area contributed by atoms with Crippen LogP contribution in [0, 0.1) is 0 Å². The summed E-state index contributed by atoms with van der Waals surface area (Å²) in [4.78, 5) is 36.0. The predicted octanol–water partition coefficient (Wildman–Crippen LogP) is -0.735. The number of hydrogen-bond acceptors (Lipinski definition) is 6. The summed E-state index contributed by atoms with van der Waals surface area (Å²) >= 11 is 0. The summed E-state index contributed by atoms with van der Waals surface area (Å²) in [5.41, 5.74) is 9.81. The summed E-state index contributed by atoms with van der Waals surface area (Å²) in [6.45, 7) is 5.53. The van der Waals surface area contributed by atoms with Crippen molar-refractivity contribution in [2.75, 3.05) is 13.1 Å². The number of hydrogen-bond donors (Lipinski definition) is 6. The zero-order chi connectivity index (χ0) is 17.7. The molecule has 0 aromatic carbocycles. The van der Waals surface area contributed by atoms with Crippen LogP contribution in [0.5, 0.6) is 0 Å². The number of aliphatic carboxylic acids is 4. The minimum Gasteiger partial charge on any atom is -0.481 e. The molecule has 10 nitrogen and oxygen atoms in total. The molecule has 0 radical (unpaired) electrons. The Hall–Kier alpha value is -1.49. The van der Waals surface area contributed by atoms with E-state index in [0.717, 1.165) is 27.7 Å². The van der Waals surface area contributed by atoms with Crippen molar-refractivity contribution >= 4 is 23.9 Å². The smallest absolute Gasteiger partial charge is 0.300 e. The van der Waals surface area contributed by atoms with E-state index >= 15 is 0 Å². The number of nitrogens with two attached hydrogens (primary N) is 2. The van der Waals surface area contributed by atoms with Gasteiger partial charge in [-0.2, -0.15) is 0 Å². The Morgan fingerprint density at radius 2 is 0.667 bits per heavy atom. The topological polar surface area (TPSA) is 201 Å². The third-order valence-corrected chi connectivity index (χ3v) is 0.167. The summed E-state index contributed by atoms with van der Waals surface area (Å²) in [5.74, 6) is -3.33. The van der Waals surface area contributed by atoms with E-state index in [-0.39, 0.29) is 21.7 Å². The fraction of sp³-hybridized carbons (Fsp3) is 0.600. The molecule has 0 aliphatic rings. The van der Waals surface area contributed by atoms with Crippen LogP contribution in [-0.4, -0.2) is 57.4 Å². The van der Waals surface area contributed by atoms with Crippen molar-refractivity contribution in [1.29, 1.82) is 0 Å². The molecule has 0 aliphatic carbocycles. The largest absolute Gasteiger partial charge is 0.481 e. The molecule has 0 saturated carbocycles. The van der Waals surface area contributed by atoms with Crippen molar-refractivity contribution in [2.45, 2.75) is 27.7 Å². The normalized spacial score (nSPS) is 6.19. The molecule has 0 amide bonds. The first-order chi connectivity index (χ1) is 8.84. The first-order valence-electron chi connectivity index (χ1n) is 5.03. The Kier molecular flexibility index (Phi) is 63.2. The maximum absolute atomic E-state index is 9.00. The minimum atomic E-state index is -0.833. The summed E-state index contributed by atoms with van der Waals surface area (Å²) < 4.78 is 0. The average Bonchev–Trinajstić information content (AvgIpc) is 2.13. The number of carbonyl (C=O) groups is 4. The molecule has 11 heteroatoms. The summed E-state index contributed by atoms with van der Waals surface area (Å²) in [5, 5.41) is 29.7. The Labute approximate surface area is 138 Å². The average molecular weight is 348 g/mol. The molecule has 8 N–H and O–H groups in total. The van der Waals surface area contributed by atoms with Gasteiger partial charge in [-0.3, -0.25) is 19.2 Å². The van der Waals surface area contributed by atoms with Gasteiger partial charge in [-0.05, 0) is 0 Å². The number of carboxylic acid groups (broad SMARTS) is 4. The van der Waals surface area contributed by atoms with E-state index in [1.54, 1.807) is 0 Å². The Balaban J connectivity index is -0.0000000331. The second kappa shape index (κ2) is 36.3. The van der Waals surface area contributed by atoms with Crippen LogP contribution in [-0.2, 0) is 40.9 Å². The second-order valence-corrected chi connectivity index (χ2v) is 2.65. The van der Waals surface area contributed by atoms with E-state index in [0.29, 0.717) is 13.1 Å². The molecule has 0 atom stereocenters. The van der Waals surface area contributed by atoms with E-state index in [4.69, 9.17) is 51.1 Å². The maximum Gasteiger partial charge on any atom is 0.300 e.